The van der Waals surface area contributed by atoms with Gasteiger partial charge >= 0.3 is 0 Å². The summed E-state index contributed by atoms with van der Waals surface area (Å²) < 4.78 is 0. The van der Waals surface area contributed by atoms with Crippen LogP contribution in [0.2, 0.25) is 0 Å². The van der Waals surface area contributed by atoms with Crippen LogP contribution in [-0.2, 0) is 6.54 Å². The fourth-order valence-corrected chi connectivity index (χ4v) is 2.34. The maximum atomic E-state index is 10.6. The summed E-state index contributed by atoms with van der Waals surface area (Å²) in [6, 6.07) is 8.93. The largest absolute Gasteiger partial charge is 0.306 e. The van der Waals surface area contributed by atoms with E-state index in [4.69, 9.17) is 0 Å². The van der Waals surface area contributed by atoms with Crippen LogP contribution in [0.25, 0.3) is 0 Å². The maximum Gasteiger partial charge on any atom is 0.269 e. The first-order valence-corrected chi connectivity index (χ1v) is 6.60. The average Bonchev–Trinajstić information content (AvgIpc) is 2.89. The second-order valence-electron chi connectivity index (χ2n) is 4.08. The Bertz CT molecular complexity index is 508. The Morgan fingerprint density at radius 1 is 1.33 bits per heavy atom. The standard InChI is InChI=1S/C13H14N2O2S/c1-10(14-8-11-6-7-18-9-11)12-2-4-13(5-3-12)15(16)17/h2-7,9-10,14H,8H2,1H3. The van der Waals surface area contributed by atoms with Gasteiger partial charge in [0.2, 0.25) is 0 Å². The minimum absolute atomic E-state index is 0.129. The highest BCUT2D eigenvalue weighted by Gasteiger charge is 2.08. The number of thiophene rings is 1. The van der Waals surface area contributed by atoms with Crippen LogP contribution in [-0.4, -0.2) is 4.92 Å². The van der Waals surface area contributed by atoms with E-state index >= 15 is 0 Å². The Balaban J connectivity index is 1.96. The summed E-state index contributed by atoms with van der Waals surface area (Å²) in [5.74, 6) is 0. The molecule has 0 radical (unpaired) electrons. The number of nitrogens with one attached hydrogen (secondary N) is 1. The number of benzene rings is 1. The predicted octanol–water partition coefficient (Wildman–Crippen LogP) is 3.51. The molecule has 1 atom stereocenters. The van der Waals surface area contributed by atoms with E-state index in [9.17, 15) is 10.1 Å². The van der Waals surface area contributed by atoms with E-state index in [1.165, 1.54) is 17.7 Å². The van der Waals surface area contributed by atoms with Gasteiger partial charge in [-0.3, -0.25) is 10.1 Å². The number of rotatable bonds is 5. The molecule has 1 aromatic carbocycles. The molecule has 5 heteroatoms. The first kappa shape index (κ1) is 12.7. The van der Waals surface area contributed by atoms with Gasteiger partial charge in [-0.05, 0) is 34.9 Å². The zero-order valence-electron chi connectivity index (χ0n) is 10.00. The van der Waals surface area contributed by atoms with Gasteiger partial charge in [-0.15, -0.1) is 0 Å². The first-order valence-electron chi connectivity index (χ1n) is 5.65. The number of non-ortho nitro benzene ring substituents is 1. The van der Waals surface area contributed by atoms with Gasteiger partial charge in [-0.25, -0.2) is 0 Å². The van der Waals surface area contributed by atoms with Crippen molar-refractivity contribution in [2.24, 2.45) is 0 Å². The van der Waals surface area contributed by atoms with Gasteiger partial charge < -0.3 is 5.32 Å². The second-order valence-corrected chi connectivity index (χ2v) is 4.86. The van der Waals surface area contributed by atoms with E-state index in [0.717, 1.165) is 12.1 Å². The molecule has 1 aromatic heterocycles. The summed E-state index contributed by atoms with van der Waals surface area (Å²) in [5, 5.41) is 18.1. The Morgan fingerprint density at radius 3 is 2.61 bits per heavy atom. The average molecular weight is 262 g/mol. The van der Waals surface area contributed by atoms with E-state index in [2.05, 4.69) is 16.8 Å². The van der Waals surface area contributed by atoms with Crippen LogP contribution < -0.4 is 5.32 Å². The number of nitrogens with zero attached hydrogens (tertiary/aromatic N) is 1. The van der Waals surface area contributed by atoms with Crippen LogP contribution in [0.4, 0.5) is 5.69 Å². The van der Waals surface area contributed by atoms with Crippen molar-refractivity contribution in [1.82, 2.24) is 5.32 Å². The van der Waals surface area contributed by atoms with Gasteiger partial charge in [-0.1, -0.05) is 12.1 Å². The first-order chi connectivity index (χ1) is 8.66. The molecule has 0 saturated carbocycles. The Kier molecular flexibility index (Phi) is 4.07. The zero-order valence-corrected chi connectivity index (χ0v) is 10.8. The lowest BCUT2D eigenvalue weighted by atomic mass is 10.1. The summed E-state index contributed by atoms with van der Waals surface area (Å²) in [5.41, 5.74) is 2.44. The third kappa shape index (κ3) is 3.15. The SMILES string of the molecule is CC(NCc1ccsc1)c1ccc([N+](=O)[O-])cc1. The van der Waals surface area contributed by atoms with Crippen molar-refractivity contribution in [1.29, 1.82) is 0 Å². The molecule has 0 fully saturated rings. The van der Waals surface area contributed by atoms with Gasteiger partial charge in [0.05, 0.1) is 4.92 Å². The minimum Gasteiger partial charge on any atom is -0.306 e. The molecule has 1 heterocycles. The van der Waals surface area contributed by atoms with Crippen molar-refractivity contribution in [3.8, 4) is 0 Å². The maximum absolute atomic E-state index is 10.6. The van der Waals surface area contributed by atoms with Crippen molar-refractivity contribution < 1.29 is 4.92 Å². The summed E-state index contributed by atoms with van der Waals surface area (Å²) in [6.45, 7) is 2.86. The molecule has 0 aliphatic carbocycles. The third-order valence-corrected chi connectivity index (χ3v) is 3.53. The molecule has 4 nitrogen and oxygen atoms in total. The van der Waals surface area contributed by atoms with Crippen molar-refractivity contribution in [3.63, 3.8) is 0 Å². The molecule has 1 unspecified atom stereocenters. The van der Waals surface area contributed by atoms with Gasteiger partial charge in [0.25, 0.3) is 5.69 Å². The number of nitro groups is 1. The fourth-order valence-electron chi connectivity index (χ4n) is 1.67. The van der Waals surface area contributed by atoms with Gasteiger partial charge in [-0.2, -0.15) is 11.3 Å². The third-order valence-electron chi connectivity index (χ3n) is 2.80. The molecule has 18 heavy (non-hydrogen) atoms. The lowest BCUT2D eigenvalue weighted by Gasteiger charge is -2.13. The molecule has 2 aromatic rings. The smallest absolute Gasteiger partial charge is 0.269 e. The summed E-state index contributed by atoms with van der Waals surface area (Å²) >= 11 is 1.68. The highest BCUT2D eigenvalue weighted by molar-refractivity contribution is 7.07. The van der Waals surface area contributed by atoms with Crippen LogP contribution in [0.5, 0.6) is 0 Å². The van der Waals surface area contributed by atoms with Crippen molar-refractivity contribution in [3.05, 3.63) is 62.3 Å². The molecule has 94 valence electrons. The number of nitro benzene ring substituents is 1. The lowest BCUT2D eigenvalue weighted by Crippen LogP contribution is -2.17. The Labute approximate surface area is 109 Å². The molecule has 2 rings (SSSR count). The van der Waals surface area contributed by atoms with Crippen LogP contribution in [0.3, 0.4) is 0 Å². The number of hydrogen-bond donors (Lipinski definition) is 1. The zero-order chi connectivity index (χ0) is 13.0. The molecule has 1 N–H and O–H groups in total. The Morgan fingerprint density at radius 2 is 2.06 bits per heavy atom. The van der Waals surface area contributed by atoms with E-state index in [-0.39, 0.29) is 16.7 Å². The van der Waals surface area contributed by atoms with Gasteiger partial charge in [0.15, 0.2) is 0 Å². The minimum atomic E-state index is -0.382. The normalized spacial score (nSPS) is 12.3. The molecule has 0 aliphatic rings. The molecule has 0 spiro atoms. The number of hydrogen-bond acceptors (Lipinski definition) is 4. The van der Waals surface area contributed by atoms with Crippen LogP contribution in [0, 0.1) is 10.1 Å². The highest BCUT2D eigenvalue weighted by Crippen LogP contribution is 2.18. The topological polar surface area (TPSA) is 55.2 Å². The van der Waals surface area contributed by atoms with Crippen LogP contribution in [0.15, 0.2) is 41.1 Å². The highest BCUT2D eigenvalue weighted by atomic mass is 32.1. The summed E-state index contributed by atoms with van der Waals surface area (Å²) in [6.07, 6.45) is 0. The van der Waals surface area contributed by atoms with Gasteiger partial charge in [0, 0.05) is 24.7 Å². The van der Waals surface area contributed by atoms with Crippen molar-refractivity contribution in [2.75, 3.05) is 0 Å². The molecule has 0 amide bonds. The van der Waals surface area contributed by atoms with Crippen LogP contribution >= 0.6 is 11.3 Å². The van der Waals surface area contributed by atoms with Crippen molar-refractivity contribution in [2.45, 2.75) is 19.5 Å². The van der Waals surface area contributed by atoms with E-state index < -0.39 is 0 Å². The van der Waals surface area contributed by atoms with Gasteiger partial charge in [0.1, 0.15) is 0 Å². The van der Waals surface area contributed by atoms with E-state index in [1.807, 2.05) is 12.3 Å². The Hall–Kier alpha value is -1.72. The van der Waals surface area contributed by atoms with Crippen LogP contribution in [0.1, 0.15) is 24.1 Å². The van der Waals surface area contributed by atoms with Crippen molar-refractivity contribution >= 4 is 17.0 Å². The fraction of sp³-hybridized carbons (Fsp3) is 0.231. The predicted molar refractivity (Wildman–Crippen MR) is 72.7 cm³/mol. The van der Waals surface area contributed by atoms with E-state index in [0.29, 0.717) is 0 Å². The molecule has 0 aliphatic heterocycles. The summed E-state index contributed by atoms with van der Waals surface area (Å²) in [7, 11) is 0. The lowest BCUT2D eigenvalue weighted by molar-refractivity contribution is -0.384. The van der Waals surface area contributed by atoms with E-state index in [1.54, 1.807) is 23.5 Å². The molecular formula is C13H14N2O2S. The summed E-state index contributed by atoms with van der Waals surface area (Å²) in [4.78, 5) is 10.2. The monoisotopic (exact) mass is 262 g/mol. The molecule has 0 saturated heterocycles. The molecular weight excluding hydrogens is 248 g/mol. The quantitative estimate of drug-likeness (QED) is 0.662. The molecule has 0 bridgehead atoms. The second kappa shape index (κ2) is 5.75.